The molecule has 0 fully saturated rings. The minimum absolute atomic E-state index is 0.0595. The van der Waals surface area contributed by atoms with Crippen molar-refractivity contribution in [1.82, 2.24) is 5.43 Å². The normalized spacial score (nSPS) is 13.0. The number of benzene rings is 1. The second-order valence-electron chi connectivity index (χ2n) is 4.69. The van der Waals surface area contributed by atoms with Crippen LogP contribution >= 0.6 is 11.6 Å². The minimum Gasteiger partial charge on any atom is -0.271 e. The van der Waals surface area contributed by atoms with Crippen molar-refractivity contribution >= 4 is 11.6 Å². The van der Waals surface area contributed by atoms with Crippen LogP contribution in [0.1, 0.15) is 38.7 Å². The Balaban J connectivity index is 2.73. The van der Waals surface area contributed by atoms with Gasteiger partial charge in [0.1, 0.15) is 5.82 Å². The van der Waals surface area contributed by atoms with Crippen LogP contribution in [0.2, 0.25) is 5.02 Å². The summed E-state index contributed by atoms with van der Waals surface area (Å²) in [5, 5.41) is 0.472. The van der Waals surface area contributed by atoms with Crippen molar-refractivity contribution in [3.63, 3.8) is 0 Å². The summed E-state index contributed by atoms with van der Waals surface area (Å²) in [5.74, 6) is 5.91. The molecule has 18 heavy (non-hydrogen) atoms. The Morgan fingerprint density at radius 1 is 1.33 bits per heavy atom. The first-order valence-electron chi connectivity index (χ1n) is 6.51. The van der Waals surface area contributed by atoms with E-state index in [1.165, 1.54) is 6.07 Å². The molecule has 1 aromatic carbocycles. The monoisotopic (exact) mass is 272 g/mol. The van der Waals surface area contributed by atoms with E-state index in [0.29, 0.717) is 22.9 Å². The first kappa shape index (κ1) is 15.4. The molecule has 1 rings (SSSR count). The molecule has 1 unspecified atom stereocenters. The van der Waals surface area contributed by atoms with Gasteiger partial charge in [0.2, 0.25) is 0 Å². The molecule has 0 bridgehead atoms. The summed E-state index contributed by atoms with van der Waals surface area (Å²) in [5.41, 5.74) is 3.33. The molecule has 2 nitrogen and oxygen atoms in total. The van der Waals surface area contributed by atoms with E-state index in [2.05, 4.69) is 19.3 Å². The average Bonchev–Trinajstić information content (AvgIpc) is 2.38. The molecule has 0 saturated carbocycles. The van der Waals surface area contributed by atoms with Crippen LogP contribution in [0.3, 0.4) is 0 Å². The fourth-order valence-corrected chi connectivity index (χ4v) is 2.45. The lowest BCUT2D eigenvalue weighted by atomic mass is 9.91. The van der Waals surface area contributed by atoms with Gasteiger partial charge in [-0.1, -0.05) is 44.4 Å². The predicted octanol–water partition coefficient (Wildman–Crippen LogP) is 3.68. The van der Waals surface area contributed by atoms with Crippen molar-refractivity contribution in [2.24, 2.45) is 11.8 Å². The van der Waals surface area contributed by atoms with Gasteiger partial charge in [-0.05, 0) is 30.9 Å². The Hall–Kier alpha value is -0.640. The molecule has 1 atom stereocenters. The molecular weight excluding hydrogens is 251 g/mol. The second kappa shape index (κ2) is 7.72. The third-order valence-corrected chi connectivity index (χ3v) is 3.87. The van der Waals surface area contributed by atoms with Crippen molar-refractivity contribution in [2.45, 2.75) is 45.6 Å². The molecule has 0 spiro atoms. The number of halogens is 2. The highest BCUT2D eigenvalue weighted by atomic mass is 35.5. The van der Waals surface area contributed by atoms with Gasteiger partial charge < -0.3 is 0 Å². The van der Waals surface area contributed by atoms with Crippen molar-refractivity contribution in [3.05, 3.63) is 34.6 Å². The van der Waals surface area contributed by atoms with E-state index in [9.17, 15) is 4.39 Å². The van der Waals surface area contributed by atoms with E-state index in [4.69, 9.17) is 17.4 Å². The van der Waals surface area contributed by atoms with E-state index < -0.39 is 0 Å². The van der Waals surface area contributed by atoms with Crippen LogP contribution in [0.25, 0.3) is 0 Å². The second-order valence-corrected chi connectivity index (χ2v) is 5.09. The Labute approximate surface area is 114 Å². The summed E-state index contributed by atoms with van der Waals surface area (Å²) >= 11 is 6.03. The Kier molecular flexibility index (Phi) is 6.61. The largest absolute Gasteiger partial charge is 0.271 e. The number of nitrogens with one attached hydrogen (secondary N) is 1. The zero-order valence-electron chi connectivity index (χ0n) is 11.0. The lowest BCUT2D eigenvalue weighted by Gasteiger charge is -2.22. The van der Waals surface area contributed by atoms with E-state index in [-0.39, 0.29) is 11.9 Å². The summed E-state index contributed by atoms with van der Waals surface area (Å²) in [6.07, 6.45) is 3.69. The molecule has 0 aromatic heterocycles. The van der Waals surface area contributed by atoms with Gasteiger partial charge in [0.15, 0.2) is 0 Å². The summed E-state index contributed by atoms with van der Waals surface area (Å²) in [6, 6.07) is 4.83. The number of hydrogen-bond donors (Lipinski definition) is 2. The highest BCUT2D eigenvalue weighted by Crippen LogP contribution is 2.23. The SMILES string of the molecule is CCC(CC)CC(Cc1c(F)cccc1Cl)NN. The van der Waals surface area contributed by atoms with Crippen molar-refractivity contribution in [1.29, 1.82) is 0 Å². The molecule has 1 aromatic rings. The summed E-state index contributed by atoms with van der Waals surface area (Å²) in [6.45, 7) is 4.33. The lowest BCUT2D eigenvalue weighted by molar-refractivity contribution is 0.364. The third kappa shape index (κ3) is 4.23. The fraction of sp³-hybridized carbons (Fsp3) is 0.571. The maximum absolute atomic E-state index is 13.7. The summed E-state index contributed by atoms with van der Waals surface area (Å²) < 4.78 is 13.7. The Morgan fingerprint density at radius 3 is 2.50 bits per heavy atom. The van der Waals surface area contributed by atoms with Crippen LogP contribution in [0.5, 0.6) is 0 Å². The van der Waals surface area contributed by atoms with Crippen LogP contribution in [0.15, 0.2) is 18.2 Å². The van der Waals surface area contributed by atoms with Gasteiger partial charge in [-0.15, -0.1) is 0 Å². The smallest absolute Gasteiger partial charge is 0.127 e. The van der Waals surface area contributed by atoms with Crippen molar-refractivity contribution in [3.8, 4) is 0 Å². The first-order chi connectivity index (χ1) is 8.62. The molecule has 0 aliphatic heterocycles. The van der Waals surface area contributed by atoms with E-state index in [0.717, 1.165) is 19.3 Å². The predicted molar refractivity (Wildman–Crippen MR) is 74.9 cm³/mol. The molecule has 0 saturated heterocycles. The molecule has 0 amide bonds. The van der Waals surface area contributed by atoms with Crippen LogP contribution in [-0.4, -0.2) is 6.04 Å². The maximum Gasteiger partial charge on any atom is 0.127 e. The van der Waals surface area contributed by atoms with E-state index >= 15 is 0 Å². The number of hydrazine groups is 1. The summed E-state index contributed by atoms with van der Waals surface area (Å²) in [4.78, 5) is 0. The Bertz CT molecular complexity index is 347. The van der Waals surface area contributed by atoms with Crippen molar-refractivity contribution in [2.75, 3.05) is 0 Å². The van der Waals surface area contributed by atoms with Gasteiger partial charge in [-0.3, -0.25) is 11.3 Å². The van der Waals surface area contributed by atoms with Gasteiger partial charge >= 0.3 is 0 Å². The lowest BCUT2D eigenvalue weighted by Crippen LogP contribution is -2.38. The van der Waals surface area contributed by atoms with Crippen LogP contribution in [0.4, 0.5) is 4.39 Å². The van der Waals surface area contributed by atoms with Crippen LogP contribution in [0, 0.1) is 11.7 Å². The number of rotatable bonds is 7. The molecule has 0 radical (unpaired) electrons. The Morgan fingerprint density at radius 2 is 2.00 bits per heavy atom. The van der Waals surface area contributed by atoms with Gasteiger partial charge in [0, 0.05) is 16.6 Å². The van der Waals surface area contributed by atoms with E-state index in [1.807, 2.05) is 0 Å². The molecule has 0 heterocycles. The highest BCUT2D eigenvalue weighted by molar-refractivity contribution is 6.31. The number of nitrogens with two attached hydrogens (primary N) is 1. The average molecular weight is 273 g/mol. The number of hydrogen-bond acceptors (Lipinski definition) is 2. The summed E-state index contributed by atoms with van der Waals surface area (Å²) in [7, 11) is 0. The molecule has 0 aliphatic rings. The fourth-order valence-electron chi connectivity index (χ4n) is 2.21. The topological polar surface area (TPSA) is 38.0 Å². The highest BCUT2D eigenvalue weighted by Gasteiger charge is 2.17. The molecular formula is C14H22ClFN2. The molecule has 4 heteroatoms. The molecule has 3 N–H and O–H groups in total. The molecule has 0 aliphatic carbocycles. The van der Waals surface area contributed by atoms with Crippen LogP contribution in [-0.2, 0) is 6.42 Å². The van der Waals surface area contributed by atoms with Crippen LogP contribution < -0.4 is 11.3 Å². The van der Waals surface area contributed by atoms with Gasteiger partial charge in [0.05, 0.1) is 0 Å². The molecule has 102 valence electrons. The minimum atomic E-state index is -0.257. The third-order valence-electron chi connectivity index (χ3n) is 3.52. The van der Waals surface area contributed by atoms with Gasteiger partial charge in [0.25, 0.3) is 0 Å². The van der Waals surface area contributed by atoms with Gasteiger partial charge in [-0.25, -0.2) is 4.39 Å². The van der Waals surface area contributed by atoms with Gasteiger partial charge in [-0.2, -0.15) is 0 Å². The zero-order chi connectivity index (χ0) is 13.5. The first-order valence-corrected chi connectivity index (χ1v) is 6.89. The quantitative estimate of drug-likeness (QED) is 0.587. The standard InChI is InChI=1S/C14H22ClFN2/c1-3-10(4-2)8-11(18-17)9-12-13(15)6-5-7-14(12)16/h5-7,10-11,18H,3-4,8-9,17H2,1-2H3. The maximum atomic E-state index is 13.7. The zero-order valence-corrected chi connectivity index (χ0v) is 11.8. The van der Waals surface area contributed by atoms with E-state index in [1.54, 1.807) is 12.1 Å². The van der Waals surface area contributed by atoms with Crippen molar-refractivity contribution < 1.29 is 4.39 Å².